The number of hydrogen-bond acceptors (Lipinski definition) is 0. The van der Waals surface area contributed by atoms with E-state index in [4.69, 9.17) is 0 Å². The molecule has 0 nitrogen and oxygen atoms in total. The molecule has 0 spiro atoms. The van der Waals surface area contributed by atoms with E-state index in [0.29, 0.717) is 6.42 Å². The highest BCUT2D eigenvalue weighted by atomic mass is 19.4. The number of allylic oxidation sites excluding steroid dienone is 1. The first-order valence-corrected chi connectivity index (χ1v) is 6.92. The molecule has 114 valence electrons. The summed E-state index contributed by atoms with van der Waals surface area (Å²) >= 11 is 0. The van der Waals surface area contributed by atoms with Crippen LogP contribution < -0.4 is 0 Å². The van der Waals surface area contributed by atoms with Gasteiger partial charge in [0, 0.05) is 0 Å². The summed E-state index contributed by atoms with van der Waals surface area (Å²) in [5.41, 5.74) is -3.00. The van der Waals surface area contributed by atoms with Gasteiger partial charge in [-0.05, 0) is 29.6 Å². The van der Waals surface area contributed by atoms with Crippen LogP contribution in [0.4, 0.5) is 13.2 Å². The molecule has 0 saturated carbocycles. The van der Waals surface area contributed by atoms with Gasteiger partial charge in [-0.15, -0.1) is 6.58 Å². The Morgan fingerprint density at radius 2 is 1.42 bits per heavy atom. The van der Waals surface area contributed by atoms with Crippen molar-refractivity contribution in [1.29, 1.82) is 0 Å². The van der Waals surface area contributed by atoms with E-state index in [1.807, 2.05) is 20.8 Å². The smallest absolute Gasteiger partial charge is 0.170 e. The maximum atomic E-state index is 14.0. The monoisotopic (exact) mass is 278 g/mol. The lowest BCUT2D eigenvalue weighted by atomic mass is 9.53. The summed E-state index contributed by atoms with van der Waals surface area (Å²) in [6, 6.07) is 0. The summed E-state index contributed by atoms with van der Waals surface area (Å²) in [6.45, 7) is 16.2. The van der Waals surface area contributed by atoms with Crippen LogP contribution in [0.5, 0.6) is 0 Å². The molecule has 0 N–H and O–H groups in total. The first-order chi connectivity index (χ1) is 8.23. The number of alkyl halides is 3. The number of halogens is 3. The van der Waals surface area contributed by atoms with Crippen LogP contribution in [0.1, 0.15) is 61.3 Å². The van der Waals surface area contributed by atoms with Crippen molar-refractivity contribution in [2.24, 2.45) is 22.2 Å². The van der Waals surface area contributed by atoms with E-state index >= 15 is 0 Å². The van der Waals surface area contributed by atoms with Crippen LogP contribution in [-0.2, 0) is 0 Å². The molecule has 0 saturated heterocycles. The van der Waals surface area contributed by atoms with Gasteiger partial charge in [-0.1, -0.05) is 54.5 Å². The molecule has 0 fully saturated rings. The van der Waals surface area contributed by atoms with Crippen molar-refractivity contribution in [2.45, 2.75) is 67.5 Å². The molecule has 0 bridgehead atoms. The van der Waals surface area contributed by atoms with E-state index in [1.54, 1.807) is 27.7 Å². The Bertz CT molecular complexity index is 285. The van der Waals surface area contributed by atoms with Gasteiger partial charge in [-0.2, -0.15) is 13.2 Å². The van der Waals surface area contributed by atoms with Crippen molar-refractivity contribution in [3.63, 3.8) is 0 Å². The predicted molar refractivity (Wildman–Crippen MR) is 76.0 cm³/mol. The Hall–Kier alpha value is -0.470. The minimum absolute atomic E-state index is 0.109. The molecule has 2 atom stereocenters. The van der Waals surface area contributed by atoms with Gasteiger partial charge in [0.25, 0.3) is 0 Å². The molecule has 1 unspecified atom stereocenters. The Morgan fingerprint density at radius 3 is 1.58 bits per heavy atom. The zero-order valence-electron chi connectivity index (χ0n) is 13.4. The molecular weight excluding hydrogens is 249 g/mol. The average Bonchev–Trinajstić information content (AvgIpc) is 2.12. The first kappa shape index (κ1) is 18.5. The minimum Gasteiger partial charge on any atom is -0.170 e. The molecule has 0 heterocycles. The normalized spacial score (nSPS) is 18.8. The quantitative estimate of drug-likeness (QED) is 0.535. The fourth-order valence-electron chi connectivity index (χ4n) is 3.24. The third-order valence-electron chi connectivity index (χ3n) is 4.01. The van der Waals surface area contributed by atoms with E-state index in [-0.39, 0.29) is 11.8 Å². The van der Waals surface area contributed by atoms with Crippen LogP contribution in [0.3, 0.4) is 0 Å². The van der Waals surface area contributed by atoms with E-state index in [0.717, 1.165) is 0 Å². The summed E-state index contributed by atoms with van der Waals surface area (Å²) in [4.78, 5) is 0. The van der Waals surface area contributed by atoms with Gasteiger partial charge in [0.2, 0.25) is 0 Å². The molecule has 0 radical (unpaired) electrons. The van der Waals surface area contributed by atoms with Gasteiger partial charge in [0.05, 0.1) is 5.41 Å². The van der Waals surface area contributed by atoms with Crippen LogP contribution in [0.25, 0.3) is 0 Å². The van der Waals surface area contributed by atoms with Gasteiger partial charge < -0.3 is 0 Å². The summed E-state index contributed by atoms with van der Waals surface area (Å²) in [5, 5.41) is 0. The Balaban J connectivity index is 6.12. The standard InChI is InChI=1S/C16H29F3/c1-9-12(10-2)15(14(6,7)8,16(17,18)19)11-13(3,4)5/h9,12H,1,10-11H2,2-8H3/t12-,15?/m0/s1. The van der Waals surface area contributed by atoms with E-state index in [9.17, 15) is 13.2 Å². The topological polar surface area (TPSA) is 0 Å². The second-order valence-corrected chi connectivity index (χ2v) is 7.71. The third-order valence-corrected chi connectivity index (χ3v) is 4.01. The lowest BCUT2D eigenvalue weighted by Gasteiger charge is -2.52. The van der Waals surface area contributed by atoms with E-state index in [1.165, 1.54) is 6.08 Å². The summed E-state index contributed by atoms with van der Waals surface area (Å²) in [7, 11) is 0. The van der Waals surface area contributed by atoms with Gasteiger partial charge in [-0.25, -0.2) is 0 Å². The predicted octanol–water partition coefficient (Wildman–Crippen LogP) is 6.23. The van der Waals surface area contributed by atoms with Crippen LogP contribution in [0.2, 0.25) is 0 Å². The molecule has 0 aromatic rings. The number of hydrogen-bond donors (Lipinski definition) is 0. The fraction of sp³-hybridized carbons (Fsp3) is 0.875. The van der Waals surface area contributed by atoms with Crippen molar-refractivity contribution in [3.8, 4) is 0 Å². The maximum Gasteiger partial charge on any atom is 0.395 e. The average molecular weight is 278 g/mol. The Kier molecular flexibility index (Phi) is 5.36. The number of rotatable bonds is 4. The second kappa shape index (κ2) is 5.49. The molecule has 19 heavy (non-hydrogen) atoms. The summed E-state index contributed by atoms with van der Waals surface area (Å²) in [5.74, 6) is -0.563. The lowest BCUT2D eigenvalue weighted by molar-refractivity contribution is -0.283. The SMILES string of the molecule is C=C[C@@H](CC)C(CC(C)(C)C)(C(C)(C)C)C(F)(F)F. The van der Waals surface area contributed by atoms with Gasteiger partial charge in [-0.3, -0.25) is 0 Å². The molecule has 0 amide bonds. The van der Waals surface area contributed by atoms with Crippen molar-refractivity contribution >= 4 is 0 Å². The second-order valence-electron chi connectivity index (χ2n) is 7.71. The highest BCUT2D eigenvalue weighted by Crippen LogP contribution is 2.61. The Labute approximate surface area is 116 Å². The lowest BCUT2D eigenvalue weighted by Crippen LogP contribution is -2.54. The van der Waals surface area contributed by atoms with Crippen molar-refractivity contribution in [2.75, 3.05) is 0 Å². The molecule has 0 aliphatic rings. The van der Waals surface area contributed by atoms with Crippen LogP contribution in [0.15, 0.2) is 12.7 Å². The van der Waals surface area contributed by atoms with Crippen molar-refractivity contribution in [1.82, 2.24) is 0 Å². The highest BCUT2D eigenvalue weighted by molar-refractivity contribution is 5.06. The molecule has 0 rings (SSSR count). The van der Waals surface area contributed by atoms with Gasteiger partial charge in [0.15, 0.2) is 0 Å². The molecule has 3 heteroatoms. The van der Waals surface area contributed by atoms with Gasteiger partial charge in [0.1, 0.15) is 0 Å². The highest BCUT2D eigenvalue weighted by Gasteiger charge is 2.64. The first-order valence-electron chi connectivity index (χ1n) is 6.92. The summed E-state index contributed by atoms with van der Waals surface area (Å²) < 4.78 is 41.9. The molecule has 0 aromatic carbocycles. The van der Waals surface area contributed by atoms with Crippen LogP contribution in [0, 0.1) is 22.2 Å². The zero-order valence-corrected chi connectivity index (χ0v) is 13.4. The fourth-order valence-corrected chi connectivity index (χ4v) is 3.24. The molecule has 0 aliphatic carbocycles. The van der Waals surface area contributed by atoms with Crippen molar-refractivity contribution < 1.29 is 13.2 Å². The van der Waals surface area contributed by atoms with Crippen LogP contribution in [-0.4, -0.2) is 6.18 Å². The summed E-state index contributed by atoms with van der Waals surface area (Å²) in [6.07, 6.45) is -2.19. The third kappa shape index (κ3) is 3.76. The zero-order chi connectivity index (χ0) is 15.7. The van der Waals surface area contributed by atoms with Crippen molar-refractivity contribution in [3.05, 3.63) is 12.7 Å². The van der Waals surface area contributed by atoms with Crippen LogP contribution >= 0.6 is 0 Å². The molecular formula is C16H29F3. The maximum absolute atomic E-state index is 14.0. The Morgan fingerprint density at radius 1 is 1.00 bits per heavy atom. The minimum atomic E-state index is -4.24. The largest absolute Gasteiger partial charge is 0.395 e. The van der Waals surface area contributed by atoms with E-state index in [2.05, 4.69) is 6.58 Å². The molecule has 0 aliphatic heterocycles. The van der Waals surface area contributed by atoms with E-state index < -0.39 is 22.9 Å². The van der Waals surface area contributed by atoms with Gasteiger partial charge >= 0.3 is 6.18 Å². The molecule has 0 aromatic heterocycles.